The molecule has 5 heteroatoms. The molecule has 30 heavy (non-hydrogen) atoms. The van der Waals surface area contributed by atoms with Crippen molar-refractivity contribution >= 4 is 40.2 Å². The summed E-state index contributed by atoms with van der Waals surface area (Å²) in [5, 5.41) is 11.3. The molecule has 0 aliphatic carbocycles. The lowest BCUT2D eigenvalue weighted by Gasteiger charge is -2.19. The van der Waals surface area contributed by atoms with Crippen LogP contribution in [0.2, 0.25) is 5.02 Å². The lowest BCUT2D eigenvalue weighted by atomic mass is 10.0. The van der Waals surface area contributed by atoms with Gasteiger partial charge in [-0.3, -0.25) is 4.79 Å². The summed E-state index contributed by atoms with van der Waals surface area (Å²) >= 11 is 7.90. The van der Waals surface area contributed by atoms with Gasteiger partial charge in [-0.05, 0) is 47.7 Å². The monoisotopic (exact) mass is 443 g/mol. The highest BCUT2D eigenvalue weighted by Crippen LogP contribution is 2.42. The highest BCUT2D eigenvalue weighted by Gasteiger charge is 2.23. The smallest absolute Gasteiger partial charge is 0.303 e. The zero-order valence-corrected chi connectivity index (χ0v) is 19.9. The van der Waals surface area contributed by atoms with E-state index in [1.54, 1.807) is 0 Å². The number of aromatic nitrogens is 1. The van der Waals surface area contributed by atoms with Gasteiger partial charge in [0.05, 0.1) is 6.42 Å². The van der Waals surface area contributed by atoms with Crippen molar-refractivity contribution in [3.8, 4) is 0 Å². The Morgan fingerprint density at radius 1 is 1.13 bits per heavy atom. The first kappa shape index (κ1) is 22.8. The van der Waals surface area contributed by atoms with Crippen LogP contribution in [0.25, 0.3) is 10.9 Å². The minimum absolute atomic E-state index is 0.0190. The second kappa shape index (κ2) is 9.07. The topological polar surface area (TPSA) is 42.2 Å². The number of halogens is 1. The van der Waals surface area contributed by atoms with E-state index in [2.05, 4.69) is 57.4 Å². The summed E-state index contributed by atoms with van der Waals surface area (Å²) < 4.78 is 2.31. The number of carbonyl (C=O) groups is 1. The predicted molar refractivity (Wildman–Crippen MR) is 128 cm³/mol. The first-order valence-corrected chi connectivity index (χ1v) is 11.5. The zero-order chi connectivity index (χ0) is 22.1. The fourth-order valence-corrected chi connectivity index (χ4v) is 4.94. The van der Waals surface area contributed by atoms with E-state index in [9.17, 15) is 9.90 Å². The first-order chi connectivity index (χ1) is 14.0. The number of nitrogens with zero attached hydrogens (tertiary/aromatic N) is 1. The molecule has 0 bridgehead atoms. The molecular weight excluding hydrogens is 414 g/mol. The molecule has 0 aliphatic rings. The summed E-state index contributed by atoms with van der Waals surface area (Å²) in [4.78, 5) is 12.6. The maximum absolute atomic E-state index is 11.4. The first-order valence-electron chi connectivity index (χ1n) is 10.4. The lowest BCUT2D eigenvalue weighted by Crippen LogP contribution is -2.10. The van der Waals surface area contributed by atoms with Crippen LogP contribution in [-0.2, 0) is 17.8 Å². The molecule has 160 valence electrons. The molecule has 0 fully saturated rings. The Hall–Kier alpha value is -1.91. The van der Waals surface area contributed by atoms with Crippen LogP contribution in [0, 0.1) is 0 Å². The van der Waals surface area contributed by atoms with E-state index in [1.807, 2.05) is 36.0 Å². The number of carboxylic acids is 1. The summed E-state index contributed by atoms with van der Waals surface area (Å²) in [6, 6.07) is 14.6. The molecule has 1 N–H and O–H groups in total. The Morgan fingerprint density at radius 3 is 2.37 bits per heavy atom. The van der Waals surface area contributed by atoms with Crippen molar-refractivity contribution in [2.45, 2.75) is 69.6 Å². The maximum atomic E-state index is 11.4. The van der Waals surface area contributed by atoms with Gasteiger partial charge in [0.2, 0.25) is 0 Å². The maximum Gasteiger partial charge on any atom is 0.303 e. The number of thioether (sulfide) groups is 1. The summed E-state index contributed by atoms with van der Waals surface area (Å²) in [7, 11) is 0. The Bertz CT molecular complexity index is 1050. The number of hydrogen-bond acceptors (Lipinski definition) is 2. The number of aliphatic carboxylic acids is 1. The fraction of sp³-hybridized carbons (Fsp3) is 0.400. The van der Waals surface area contributed by atoms with Crippen molar-refractivity contribution in [1.29, 1.82) is 0 Å². The van der Waals surface area contributed by atoms with Gasteiger partial charge in [0.1, 0.15) is 0 Å². The normalized spacial score (nSPS) is 12.1. The molecule has 0 atom stereocenters. The minimum Gasteiger partial charge on any atom is -0.481 e. The van der Waals surface area contributed by atoms with Crippen LogP contribution in [0.5, 0.6) is 0 Å². The number of hydrogen-bond donors (Lipinski definition) is 1. The van der Waals surface area contributed by atoms with Gasteiger partial charge in [-0.25, -0.2) is 0 Å². The van der Waals surface area contributed by atoms with E-state index in [-0.39, 0.29) is 11.2 Å². The second-order valence-electron chi connectivity index (χ2n) is 9.03. The Labute approximate surface area is 188 Å². The Morgan fingerprint density at radius 2 is 1.80 bits per heavy atom. The third-order valence-electron chi connectivity index (χ3n) is 5.05. The van der Waals surface area contributed by atoms with Crippen LogP contribution in [0.1, 0.15) is 63.8 Å². The molecule has 0 radical (unpaired) electrons. The van der Waals surface area contributed by atoms with Gasteiger partial charge in [-0.1, -0.05) is 64.4 Å². The van der Waals surface area contributed by atoms with E-state index < -0.39 is 5.97 Å². The van der Waals surface area contributed by atoms with Crippen LogP contribution in [-0.4, -0.2) is 20.4 Å². The zero-order valence-electron chi connectivity index (χ0n) is 18.3. The standard InChI is InChI=1S/C25H30ClNO2S/c1-16(2)18-8-11-21-20(14-18)24(30-25(3,4)5)22(12-13-23(28)29)27(21)15-17-6-9-19(26)10-7-17/h6-11,14,16H,12-13,15H2,1-5H3,(H,28,29). The molecule has 3 nitrogen and oxygen atoms in total. The van der Waals surface area contributed by atoms with E-state index in [1.165, 1.54) is 15.8 Å². The van der Waals surface area contributed by atoms with Gasteiger partial charge in [0, 0.05) is 37.8 Å². The number of carboxylic acid groups (broad SMARTS) is 1. The van der Waals surface area contributed by atoms with Gasteiger partial charge in [0.25, 0.3) is 0 Å². The van der Waals surface area contributed by atoms with Crippen LogP contribution in [0.15, 0.2) is 47.4 Å². The molecule has 0 spiro atoms. The van der Waals surface area contributed by atoms with Gasteiger partial charge in [-0.15, -0.1) is 11.8 Å². The van der Waals surface area contributed by atoms with E-state index in [4.69, 9.17) is 11.6 Å². The summed E-state index contributed by atoms with van der Waals surface area (Å²) in [6.45, 7) is 11.7. The minimum atomic E-state index is -0.770. The van der Waals surface area contributed by atoms with Crippen molar-refractivity contribution in [2.75, 3.05) is 0 Å². The third kappa shape index (κ3) is 5.41. The van der Waals surface area contributed by atoms with Crippen molar-refractivity contribution in [3.05, 3.63) is 64.3 Å². The highest BCUT2D eigenvalue weighted by atomic mass is 35.5. The quantitative estimate of drug-likeness (QED) is 0.387. The van der Waals surface area contributed by atoms with Gasteiger partial charge < -0.3 is 9.67 Å². The molecule has 3 rings (SSSR count). The largest absolute Gasteiger partial charge is 0.481 e. The van der Waals surface area contributed by atoms with Crippen LogP contribution in [0.3, 0.4) is 0 Å². The highest BCUT2D eigenvalue weighted by molar-refractivity contribution is 8.00. The fourth-order valence-electron chi connectivity index (χ4n) is 3.60. The second-order valence-corrected chi connectivity index (χ2v) is 11.3. The number of fused-ring (bicyclic) bond motifs is 1. The average Bonchev–Trinajstić information content (AvgIpc) is 2.92. The molecule has 1 aromatic heterocycles. The van der Waals surface area contributed by atoms with Gasteiger partial charge in [-0.2, -0.15) is 0 Å². The molecule has 2 aromatic carbocycles. The molecule has 0 amide bonds. The lowest BCUT2D eigenvalue weighted by molar-refractivity contribution is -0.137. The molecule has 0 saturated carbocycles. The Kier molecular flexibility index (Phi) is 6.88. The molecule has 0 saturated heterocycles. The molecule has 1 heterocycles. The van der Waals surface area contributed by atoms with E-state index in [0.29, 0.717) is 23.9 Å². The van der Waals surface area contributed by atoms with E-state index >= 15 is 0 Å². The van der Waals surface area contributed by atoms with Crippen LogP contribution in [0.4, 0.5) is 0 Å². The average molecular weight is 444 g/mol. The molecule has 0 unspecified atom stereocenters. The SMILES string of the molecule is CC(C)c1ccc2c(c1)c(SC(C)(C)C)c(CCC(=O)O)n2Cc1ccc(Cl)cc1. The molecule has 3 aromatic rings. The molecule has 0 aliphatic heterocycles. The third-order valence-corrected chi connectivity index (χ3v) is 6.57. The van der Waals surface area contributed by atoms with Crippen molar-refractivity contribution in [1.82, 2.24) is 4.57 Å². The summed E-state index contributed by atoms with van der Waals surface area (Å²) in [6.07, 6.45) is 0.624. The van der Waals surface area contributed by atoms with Gasteiger partial charge in [0.15, 0.2) is 0 Å². The van der Waals surface area contributed by atoms with Crippen LogP contribution >= 0.6 is 23.4 Å². The summed E-state index contributed by atoms with van der Waals surface area (Å²) in [5.74, 6) is -0.336. The number of rotatable bonds is 7. The number of benzene rings is 2. The summed E-state index contributed by atoms with van der Waals surface area (Å²) in [5.41, 5.74) is 4.70. The van der Waals surface area contributed by atoms with Crippen LogP contribution < -0.4 is 0 Å². The van der Waals surface area contributed by atoms with E-state index in [0.717, 1.165) is 16.8 Å². The van der Waals surface area contributed by atoms with Gasteiger partial charge >= 0.3 is 5.97 Å². The van der Waals surface area contributed by atoms with Crippen molar-refractivity contribution in [2.24, 2.45) is 0 Å². The van der Waals surface area contributed by atoms with Crippen molar-refractivity contribution < 1.29 is 9.90 Å². The Balaban J connectivity index is 2.22. The predicted octanol–water partition coefficient (Wildman–Crippen LogP) is 7.37. The molecular formula is C25H30ClNO2S. The van der Waals surface area contributed by atoms with Crippen molar-refractivity contribution in [3.63, 3.8) is 0 Å².